The number of rotatable bonds is 4. The molecule has 0 radical (unpaired) electrons. The highest BCUT2D eigenvalue weighted by Gasteiger charge is 2.28. The quantitative estimate of drug-likeness (QED) is 0.653. The lowest BCUT2D eigenvalue weighted by Crippen LogP contribution is -2.26. The SMILES string of the molecule is C#CC1CCC(C(CO)Cc2cc(F)cc(F)c2F)CC1.[HH].[HH]. The third-order valence-electron chi connectivity index (χ3n) is 4.46. The molecule has 0 amide bonds. The third-order valence-corrected chi connectivity index (χ3v) is 4.46. The molecule has 1 saturated carbocycles. The van der Waals surface area contributed by atoms with E-state index in [9.17, 15) is 18.3 Å². The first-order valence-electron chi connectivity index (χ1n) is 7.25. The van der Waals surface area contributed by atoms with E-state index in [1.54, 1.807) is 0 Å². The van der Waals surface area contributed by atoms with E-state index < -0.39 is 17.5 Å². The Balaban J connectivity index is 0.00000242. The zero-order valence-corrected chi connectivity index (χ0v) is 11.8. The molecule has 1 fully saturated rings. The Kier molecular flexibility index (Phi) is 5.30. The van der Waals surface area contributed by atoms with Gasteiger partial charge in [-0.05, 0) is 55.6 Å². The van der Waals surface area contributed by atoms with Gasteiger partial charge in [-0.25, -0.2) is 13.2 Å². The van der Waals surface area contributed by atoms with Gasteiger partial charge in [0.15, 0.2) is 11.6 Å². The molecule has 0 saturated heterocycles. The molecule has 0 spiro atoms. The maximum absolute atomic E-state index is 13.7. The Bertz CT molecular complexity index is 537. The van der Waals surface area contributed by atoms with Crippen LogP contribution < -0.4 is 0 Å². The summed E-state index contributed by atoms with van der Waals surface area (Å²) in [5, 5.41) is 9.54. The maximum Gasteiger partial charge on any atom is 0.162 e. The fourth-order valence-corrected chi connectivity index (χ4v) is 3.18. The van der Waals surface area contributed by atoms with Gasteiger partial charge in [-0.2, -0.15) is 0 Å². The van der Waals surface area contributed by atoms with Gasteiger partial charge in [0.2, 0.25) is 0 Å². The van der Waals surface area contributed by atoms with Crippen LogP contribution >= 0.6 is 0 Å². The van der Waals surface area contributed by atoms with E-state index in [0.717, 1.165) is 31.7 Å². The Labute approximate surface area is 126 Å². The molecular weight excluding hydrogens is 277 g/mol. The molecule has 1 aliphatic rings. The summed E-state index contributed by atoms with van der Waals surface area (Å²) in [5.74, 6) is 0.0207. The minimum Gasteiger partial charge on any atom is -0.396 e. The van der Waals surface area contributed by atoms with Crippen LogP contribution in [0.15, 0.2) is 12.1 Å². The third kappa shape index (κ3) is 3.79. The summed E-state index contributed by atoms with van der Waals surface area (Å²) in [6.45, 7) is -0.122. The highest BCUT2D eigenvalue weighted by Crippen LogP contribution is 2.35. The molecule has 0 heterocycles. The van der Waals surface area contributed by atoms with Crippen molar-refractivity contribution in [2.45, 2.75) is 32.1 Å². The van der Waals surface area contributed by atoms with Gasteiger partial charge >= 0.3 is 0 Å². The smallest absolute Gasteiger partial charge is 0.162 e. The molecule has 0 bridgehead atoms. The molecule has 1 aromatic rings. The molecule has 1 atom stereocenters. The number of benzene rings is 1. The minimum atomic E-state index is -1.18. The zero-order chi connectivity index (χ0) is 15.4. The van der Waals surface area contributed by atoms with E-state index in [2.05, 4.69) is 5.92 Å². The maximum atomic E-state index is 13.7. The van der Waals surface area contributed by atoms with Crippen molar-refractivity contribution in [2.24, 2.45) is 17.8 Å². The van der Waals surface area contributed by atoms with Crippen LogP contribution in [0.4, 0.5) is 13.2 Å². The monoisotopic (exact) mass is 300 g/mol. The van der Waals surface area contributed by atoms with Crippen molar-refractivity contribution in [1.29, 1.82) is 0 Å². The number of hydrogen-bond donors (Lipinski definition) is 1. The molecule has 1 N–H and O–H groups in total. The average Bonchev–Trinajstić information content (AvgIpc) is 2.49. The Hall–Kier alpha value is -1.47. The molecule has 1 aliphatic carbocycles. The lowest BCUT2D eigenvalue weighted by atomic mass is 9.74. The van der Waals surface area contributed by atoms with Crippen molar-refractivity contribution in [3.05, 3.63) is 35.1 Å². The Morgan fingerprint density at radius 3 is 2.48 bits per heavy atom. The normalized spacial score (nSPS) is 23.6. The number of aliphatic hydroxyl groups is 1. The average molecular weight is 300 g/mol. The van der Waals surface area contributed by atoms with Crippen molar-refractivity contribution >= 4 is 0 Å². The van der Waals surface area contributed by atoms with E-state index in [1.165, 1.54) is 0 Å². The number of halogens is 3. The van der Waals surface area contributed by atoms with Crippen molar-refractivity contribution in [2.75, 3.05) is 6.61 Å². The Morgan fingerprint density at radius 1 is 1.24 bits per heavy atom. The predicted octanol–water partition coefficient (Wildman–Crippen LogP) is 4.19. The Morgan fingerprint density at radius 2 is 1.90 bits per heavy atom. The summed E-state index contributed by atoms with van der Waals surface area (Å²) in [5.41, 5.74) is -0.00868. The van der Waals surface area contributed by atoms with Gasteiger partial charge in [-0.1, -0.05) is 0 Å². The van der Waals surface area contributed by atoms with Crippen molar-refractivity contribution in [3.63, 3.8) is 0 Å². The number of aliphatic hydroxyl groups excluding tert-OH is 1. The molecule has 0 aromatic heterocycles. The van der Waals surface area contributed by atoms with Crippen LogP contribution in [0.5, 0.6) is 0 Å². The van der Waals surface area contributed by atoms with Crippen LogP contribution in [0, 0.1) is 47.5 Å². The second-order valence-electron chi connectivity index (χ2n) is 5.79. The molecule has 21 heavy (non-hydrogen) atoms. The standard InChI is InChI=1S/C17H19F3O.2H2/c1-2-11-3-5-12(6-4-11)14(10-21)7-13-8-15(18)9-16(19)17(13)20;;/h1,8-9,11-12,14,21H,3-7,10H2;2*1H. The minimum absolute atomic E-state index is 0. The van der Waals surface area contributed by atoms with Crippen LogP contribution in [0.2, 0.25) is 0 Å². The van der Waals surface area contributed by atoms with E-state index in [1.807, 2.05) is 0 Å². The van der Waals surface area contributed by atoms with Crippen LogP contribution in [-0.2, 0) is 6.42 Å². The van der Waals surface area contributed by atoms with Gasteiger partial charge < -0.3 is 5.11 Å². The number of terminal acetylenes is 1. The van der Waals surface area contributed by atoms with Crippen LogP contribution in [-0.4, -0.2) is 11.7 Å². The highest BCUT2D eigenvalue weighted by molar-refractivity contribution is 5.21. The number of hydrogen-bond acceptors (Lipinski definition) is 1. The summed E-state index contributed by atoms with van der Waals surface area (Å²) < 4.78 is 40.2. The van der Waals surface area contributed by atoms with Crippen molar-refractivity contribution in [1.82, 2.24) is 0 Å². The fourth-order valence-electron chi connectivity index (χ4n) is 3.18. The molecule has 118 valence electrons. The van der Waals surface area contributed by atoms with Crippen LogP contribution in [0.25, 0.3) is 0 Å². The molecule has 1 aromatic carbocycles. The lowest BCUT2D eigenvalue weighted by molar-refractivity contribution is 0.138. The van der Waals surface area contributed by atoms with Gasteiger partial charge in [0.1, 0.15) is 5.82 Å². The molecule has 1 nitrogen and oxygen atoms in total. The summed E-state index contributed by atoms with van der Waals surface area (Å²) in [4.78, 5) is 0. The molecule has 4 heteroatoms. The summed E-state index contributed by atoms with van der Waals surface area (Å²) in [6.07, 6.45) is 9.04. The van der Waals surface area contributed by atoms with E-state index in [-0.39, 0.29) is 39.2 Å². The van der Waals surface area contributed by atoms with Crippen LogP contribution in [0.3, 0.4) is 0 Å². The van der Waals surface area contributed by atoms with Crippen molar-refractivity contribution in [3.8, 4) is 12.3 Å². The molecule has 0 aliphatic heterocycles. The van der Waals surface area contributed by atoms with Crippen molar-refractivity contribution < 1.29 is 21.1 Å². The second kappa shape index (κ2) is 7.00. The van der Waals surface area contributed by atoms with E-state index in [0.29, 0.717) is 6.07 Å². The first-order valence-corrected chi connectivity index (χ1v) is 7.25. The van der Waals surface area contributed by atoms with Gasteiger partial charge in [0, 0.05) is 21.4 Å². The van der Waals surface area contributed by atoms with Crippen LogP contribution in [0.1, 0.15) is 34.1 Å². The molecule has 2 rings (SSSR count). The first kappa shape index (κ1) is 15.9. The van der Waals surface area contributed by atoms with Gasteiger partial charge in [-0.3, -0.25) is 0 Å². The lowest BCUT2D eigenvalue weighted by Gasteiger charge is -2.31. The summed E-state index contributed by atoms with van der Waals surface area (Å²) in [6, 6.07) is 1.54. The first-order chi connectivity index (χ1) is 10.0. The predicted molar refractivity (Wildman–Crippen MR) is 79.1 cm³/mol. The topological polar surface area (TPSA) is 20.2 Å². The van der Waals surface area contributed by atoms with Gasteiger partial charge in [0.05, 0.1) is 0 Å². The van der Waals surface area contributed by atoms with E-state index >= 15 is 0 Å². The van der Waals surface area contributed by atoms with E-state index in [4.69, 9.17) is 6.42 Å². The second-order valence-corrected chi connectivity index (χ2v) is 5.79. The van der Waals surface area contributed by atoms with Gasteiger partial charge in [-0.15, -0.1) is 12.3 Å². The fraction of sp³-hybridized carbons (Fsp3) is 0.529. The highest BCUT2D eigenvalue weighted by atomic mass is 19.2. The summed E-state index contributed by atoms with van der Waals surface area (Å²) in [7, 11) is 0. The zero-order valence-electron chi connectivity index (χ0n) is 11.8. The molecule has 1 unspecified atom stereocenters. The largest absolute Gasteiger partial charge is 0.396 e. The van der Waals surface area contributed by atoms with Gasteiger partial charge in [0.25, 0.3) is 0 Å². The molecular formula is C17H23F3O. The summed E-state index contributed by atoms with van der Waals surface area (Å²) >= 11 is 0.